The number of benzene rings is 1. The topological polar surface area (TPSA) is 35.2 Å². The largest absolute Gasteiger partial charge is 0.496 e. The number of hydrogen-bond donors (Lipinski definition) is 1. The van der Waals surface area contributed by atoms with Crippen molar-refractivity contribution in [2.75, 3.05) is 7.11 Å². The summed E-state index contributed by atoms with van der Waals surface area (Å²) in [7, 11) is 1.61. The van der Waals surface area contributed by atoms with Crippen LogP contribution in [0.2, 0.25) is 0 Å². The van der Waals surface area contributed by atoms with Gasteiger partial charge in [0, 0.05) is 5.54 Å². The molecule has 1 rings (SSSR count). The van der Waals surface area contributed by atoms with Crippen LogP contribution in [-0.4, -0.2) is 12.6 Å². The molecular weight excluding hydrogens is 217 g/mol. The number of ether oxygens (including phenoxy) is 1. The van der Waals surface area contributed by atoms with E-state index in [0.717, 1.165) is 11.3 Å². The van der Waals surface area contributed by atoms with Crippen molar-refractivity contribution in [3.05, 3.63) is 29.3 Å². The van der Waals surface area contributed by atoms with Gasteiger partial charge in [0.25, 0.3) is 0 Å². The average Bonchev–Trinajstić information content (AvgIpc) is 2.13. The molecule has 0 aliphatic rings. The van der Waals surface area contributed by atoms with Crippen molar-refractivity contribution in [3.8, 4) is 5.75 Å². The van der Waals surface area contributed by atoms with Gasteiger partial charge < -0.3 is 10.5 Å². The minimum absolute atomic E-state index is 0.341. The highest BCUT2D eigenvalue weighted by Gasteiger charge is 2.22. The molecule has 2 N–H and O–H groups in total. The van der Waals surface area contributed by atoms with Crippen molar-refractivity contribution in [1.82, 2.24) is 0 Å². The van der Waals surface area contributed by atoms with Gasteiger partial charge in [0.15, 0.2) is 0 Å². The van der Waals surface area contributed by atoms with Crippen molar-refractivity contribution >= 4 is 0 Å². The molecule has 0 saturated heterocycles. The molecule has 0 unspecified atom stereocenters. The van der Waals surface area contributed by atoms with Crippen LogP contribution in [0.25, 0.3) is 0 Å². The highest BCUT2D eigenvalue weighted by atomic mass is 19.1. The molecule has 0 aliphatic heterocycles. The van der Waals surface area contributed by atoms with Crippen molar-refractivity contribution in [1.29, 1.82) is 0 Å². The van der Waals surface area contributed by atoms with Crippen LogP contribution in [0.5, 0.6) is 5.75 Å². The molecule has 1 aromatic rings. The second-order valence-electron chi connectivity index (χ2n) is 5.66. The summed E-state index contributed by atoms with van der Waals surface area (Å²) >= 11 is 0. The van der Waals surface area contributed by atoms with E-state index in [1.165, 1.54) is 0 Å². The van der Waals surface area contributed by atoms with E-state index in [2.05, 4.69) is 0 Å². The van der Waals surface area contributed by atoms with Gasteiger partial charge in [-0.1, -0.05) is 6.07 Å². The Morgan fingerprint density at radius 1 is 1.24 bits per heavy atom. The number of methoxy groups -OCH3 is 1. The van der Waals surface area contributed by atoms with Gasteiger partial charge in [0.1, 0.15) is 11.4 Å². The molecule has 0 heterocycles. The van der Waals surface area contributed by atoms with Crippen LogP contribution in [0.15, 0.2) is 18.2 Å². The summed E-state index contributed by atoms with van der Waals surface area (Å²) in [5.74, 6) is 0.761. The Morgan fingerprint density at radius 3 is 2.24 bits per heavy atom. The molecule has 0 saturated carbocycles. The van der Waals surface area contributed by atoms with E-state index in [9.17, 15) is 4.39 Å². The van der Waals surface area contributed by atoms with E-state index in [1.807, 2.05) is 19.9 Å². The summed E-state index contributed by atoms with van der Waals surface area (Å²) in [6, 6.07) is 5.40. The fraction of sp³-hybridized carbons (Fsp3) is 0.571. The molecule has 0 fully saturated rings. The fourth-order valence-electron chi connectivity index (χ4n) is 1.78. The third-order valence-corrected chi connectivity index (χ3v) is 2.61. The van der Waals surface area contributed by atoms with Crippen LogP contribution in [0.4, 0.5) is 4.39 Å². The Kier molecular flexibility index (Phi) is 3.82. The first-order valence-corrected chi connectivity index (χ1v) is 5.79. The lowest BCUT2D eigenvalue weighted by atomic mass is 9.91. The molecule has 96 valence electrons. The van der Waals surface area contributed by atoms with E-state index in [0.29, 0.717) is 12.0 Å². The summed E-state index contributed by atoms with van der Waals surface area (Å²) in [5, 5.41) is 0. The summed E-state index contributed by atoms with van der Waals surface area (Å²) in [6.07, 6.45) is 0.653. The van der Waals surface area contributed by atoms with E-state index >= 15 is 0 Å². The minimum Gasteiger partial charge on any atom is -0.496 e. The van der Waals surface area contributed by atoms with Crippen molar-refractivity contribution in [2.24, 2.45) is 5.73 Å². The molecule has 0 spiro atoms. The third-order valence-electron chi connectivity index (χ3n) is 2.61. The van der Waals surface area contributed by atoms with Gasteiger partial charge in [0.05, 0.1) is 7.11 Å². The Balaban J connectivity index is 3.16. The molecule has 0 aromatic heterocycles. The van der Waals surface area contributed by atoms with Gasteiger partial charge in [-0.3, -0.25) is 0 Å². The van der Waals surface area contributed by atoms with Crippen LogP contribution in [0.1, 0.15) is 38.8 Å². The van der Waals surface area contributed by atoms with Crippen LogP contribution < -0.4 is 10.5 Å². The molecule has 0 bridgehead atoms. The van der Waals surface area contributed by atoms with Gasteiger partial charge in [-0.05, 0) is 57.4 Å². The van der Waals surface area contributed by atoms with E-state index < -0.39 is 5.67 Å². The van der Waals surface area contributed by atoms with Gasteiger partial charge in [-0.25, -0.2) is 4.39 Å². The molecule has 17 heavy (non-hydrogen) atoms. The zero-order chi connectivity index (χ0) is 13.3. The van der Waals surface area contributed by atoms with Gasteiger partial charge in [-0.15, -0.1) is 0 Å². The lowest BCUT2D eigenvalue weighted by Gasteiger charge is -2.22. The fourth-order valence-corrected chi connectivity index (χ4v) is 1.78. The predicted octanol–water partition coefficient (Wildman–Crippen LogP) is 3.18. The second-order valence-corrected chi connectivity index (χ2v) is 5.66. The van der Waals surface area contributed by atoms with Crippen LogP contribution in [0.3, 0.4) is 0 Å². The van der Waals surface area contributed by atoms with Crippen molar-refractivity contribution in [3.63, 3.8) is 0 Å². The Bertz CT molecular complexity index is 388. The molecule has 1 aromatic carbocycles. The summed E-state index contributed by atoms with van der Waals surface area (Å²) in [6.45, 7) is 6.98. The van der Waals surface area contributed by atoms with E-state index in [-0.39, 0.29) is 5.54 Å². The highest BCUT2D eigenvalue weighted by Crippen LogP contribution is 2.30. The lowest BCUT2D eigenvalue weighted by Crippen LogP contribution is -2.34. The first kappa shape index (κ1) is 14.0. The third kappa shape index (κ3) is 4.00. The molecule has 2 nitrogen and oxygen atoms in total. The number of halogens is 1. The van der Waals surface area contributed by atoms with Crippen molar-refractivity contribution in [2.45, 2.75) is 45.3 Å². The Hall–Kier alpha value is -1.09. The van der Waals surface area contributed by atoms with Crippen LogP contribution in [0, 0.1) is 0 Å². The molecular formula is C14H22FNO. The second kappa shape index (κ2) is 4.65. The number of hydrogen-bond acceptors (Lipinski definition) is 2. The Morgan fingerprint density at radius 2 is 1.82 bits per heavy atom. The lowest BCUT2D eigenvalue weighted by molar-refractivity contribution is 0.221. The molecule has 0 amide bonds. The zero-order valence-electron chi connectivity index (χ0n) is 11.3. The van der Waals surface area contributed by atoms with Crippen molar-refractivity contribution < 1.29 is 9.13 Å². The number of alkyl halides is 1. The molecule has 0 aliphatic carbocycles. The average molecular weight is 239 g/mol. The predicted molar refractivity (Wildman–Crippen MR) is 69.1 cm³/mol. The smallest absolute Gasteiger partial charge is 0.130 e. The first-order chi connectivity index (χ1) is 7.63. The van der Waals surface area contributed by atoms with Gasteiger partial charge in [0.2, 0.25) is 0 Å². The minimum atomic E-state index is -1.35. The van der Waals surface area contributed by atoms with Gasteiger partial charge in [-0.2, -0.15) is 0 Å². The summed E-state index contributed by atoms with van der Waals surface area (Å²) in [4.78, 5) is 0. The van der Waals surface area contributed by atoms with E-state index in [1.54, 1.807) is 33.1 Å². The summed E-state index contributed by atoms with van der Waals surface area (Å²) in [5.41, 5.74) is 5.91. The normalized spacial score (nSPS) is 12.6. The van der Waals surface area contributed by atoms with E-state index in [4.69, 9.17) is 10.5 Å². The SMILES string of the molecule is COc1ccc(C(C)(C)F)cc1CC(C)(C)N. The van der Waals surface area contributed by atoms with Crippen LogP contribution >= 0.6 is 0 Å². The molecule has 3 heteroatoms. The van der Waals surface area contributed by atoms with Crippen LogP contribution in [-0.2, 0) is 12.1 Å². The molecule has 0 atom stereocenters. The number of nitrogens with two attached hydrogens (primary N) is 1. The molecule has 0 radical (unpaired) electrons. The van der Waals surface area contributed by atoms with Gasteiger partial charge >= 0.3 is 0 Å². The quantitative estimate of drug-likeness (QED) is 0.875. The zero-order valence-corrected chi connectivity index (χ0v) is 11.3. The maximum Gasteiger partial charge on any atom is 0.130 e. The number of rotatable bonds is 4. The standard InChI is InChI=1S/C14H22FNO/c1-13(2,16)9-10-8-11(14(3,4)15)6-7-12(10)17-5/h6-8H,9,16H2,1-5H3. The monoisotopic (exact) mass is 239 g/mol. The maximum absolute atomic E-state index is 13.9. The summed E-state index contributed by atoms with van der Waals surface area (Å²) < 4.78 is 19.2. The maximum atomic E-state index is 13.9. The Labute approximate surface area is 103 Å². The first-order valence-electron chi connectivity index (χ1n) is 5.79. The highest BCUT2D eigenvalue weighted by molar-refractivity contribution is 5.40.